The third kappa shape index (κ3) is 5.24. The van der Waals surface area contributed by atoms with Crippen LogP contribution in [0.4, 0.5) is 0 Å². The van der Waals surface area contributed by atoms with Gasteiger partial charge < -0.3 is 10.6 Å². The van der Waals surface area contributed by atoms with E-state index < -0.39 is 19.7 Å². The van der Waals surface area contributed by atoms with Crippen molar-refractivity contribution in [1.82, 2.24) is 10.6 Å². The summed E-state index contributed by atoms with van der Waals surface area (Å²) < 4.78 is 45.1. The second kappa shape index (κ2) is 6.53. The summed E-state index contributed by atoms with van der Waals surface area (Å²) in [5.41, 5.74) is 0. The smallest absolute Gasteiger partial charge is 0.220 e. The Morgan fingerprint density at radius 1 is 0.773 bits per heavy atom. The number of carbonyl (C=O) groups is 2. The lowest BCUT2D eigenvalue weighted by Gasteiger charge is -2.12. The van der Waals surface area contributed by atoms with E-state index in [0.717, 1.165) is 0 Å². The number of amides is 2. The van der Waals surface area contributed by atoms with Crippen molar-refractivity contribution in [2.45, 2.75) is 37.8 Å². The summed E-state index contributed by atoms with van der Waals surface area (Å²) in [6.45, 7) is 0. The lowest BCUT2D eigenvalue weighted by Crippen LogP contribution is -2.38. The molecule has 126 valence electrons. The van der Waals surface area contributed by atoms with Gasteiger partial charge in [0.1, 0.15) is 0 Å². The van der Waals surface area contributed by atoms with Gasteiger partial charge in [0.05, 0.1) is 23.0 Å². The highest BCUT2D eigenvalue weighted by Gasteiger charge is 2.30. The minimum Gasteiger partial charge on any atom is -0.352 e. The van der Waals surface area contributed by atoms with E-state index in [0.29, 0.717) is 12.8 Å². The van der Waals surface area contributed by atoms with Crippen LogP contribution in [0, 0.1) is 0 Å². The fourth-order valence-corrected chi connectivity index (χ4v) is 5.99. The summed E-state index contributed by atoms with van der Waals surface area (Å²) in [5.74, 6) is -0.675. The Balaban J connectivity index is 1.67. The minimum atomic E-state index is -3.05. The Labute approximate surface area is 129 Å². The molecule has 2 saturated heterocycles. The summed E-state index contributed by atoms with van der Waals surface area (Å²) in [6.07, 6.45) is 0.726. The molecule has 2 fully saturated rings. The number of hydrogen-bond acceptors (Lipinski definition) is 6. The van der Waals surface area contributed by atoms with E-state index in [1.54, 1.807) is 0 Å². The molecule has 2 amide bonds. The zero-order valence-corrected chi connectivity index (χ0v) is 13.7. The second-order valence-electron chi connectivity index (χ2n) is 5.83. The van der Waals surface area contributed by atoms with Crippen LogP contribution in [-0.4, -0.2) is 63.7 Å². The van der Waals surface area contributed by atoms with Crippen LogP contribution < -0.4 is 10.6 Å². The zero-order valence-electron chi connectivity index (χ0n) is 12.1. The predicted molar refractivity (Wildman–Crippen MR) is 79.6 cm³/mol. The molecule has 0 radical (unpaired) electrons. The van der Waals surface area contributed by atoms with Gasteiger partial charge in [0.25, 0.3) is 0 Å². The van der Waals surface area contributed by atoms with Crippen molar-refractivity contribution >= 4 is 31.5 Å². The maximum Gasteiger partial charge on any atom is 0.220 e. The molecule has 2 heterocycles. The molecular weight excluding hydrogens is 332 g/mol. The van der Waals surface area contributed by atoms with Crippen LogP contribution in [0.25, 0.3) is 0 Å². The molecule has 10 heteroatoms. The van der Waals surface area contributed by atoms with Gasteiger partial charge in [-0.25, -0.2) is 16.8 Å². The van der Waals surface area contributed by atoms with Gasteiger partial charge in [-0.15, -0.1) is 0 Å². The molecule has 2 rings (SSSR count). The molecule has 0 aromatic carbocycles. The van der Waals surface area contributed by atoms with Gasteiger partial charge in [-0.05, 0) is 12.8 Å². The number of nitrogens with one attached hydrogen (secondary N) is 2. The molecule has 22 heavy (non-hydrogen) atoms. The molecule has 0 aromatic heterocycles. The van der Waals surface area contributed by atoms with Crippen LogP contribution >= 0.6 is 0 Å². The Kier molecular flexibility index (Phi) is 5.10. The average molecular weight is 352 g/mol. The molecule has 8 nitrogen and oxygen atoms in total. The first-order valence-corrected chi connectivity index (χ1v) is 10.8. The molecular formula is C12H20N2O6S2. The summed E-state index contributed by atoms with van der Waals surface area (Å²) >= 11 is 0. The molecule has 0 bridgehead atoms. The number of sulfone groups is 2. The highest BCUT2D eigenvalue weighted by Crippen LogP contribution is 2.12. The molecule has 2 N–H and O–H groups in total. The Hall–Kier alpha value is -1.16. The third-order valence-corrected chi connectivity index (χ3v) is 7.31. The predicted octanol–water partition coefficient (Wildman–Crippen LogP) is -1.63. The van der Waals surface area contributed by atoms with Gasteiger partial charge in [0, 0.05) is 24.9 Å². The fraction of sp³-hybridized carbons (Fsp3) is 0.833. The van der Waals surface area contributed by atoms with Crippen molar-refractivity contribution in [2.75, 3.05) is 23.0 Å². The Morgan fingerprint density at radius 3 is 1.41 bits per heavy atom. The normalized spacial score (nSPS) is 29.1. The van der Waals surface area contributed by atoms with E-state index in [9.17, 15) is 26.4 Å². The molecule has 0 aromatic rings. The zero-order chi connectivity index (χ0) is 16.4. The SMILES string of the molecule is O=C(CCC(=O)N[C@H]1CCS(=O)(=O)C1)N[C@H]1CCS(=O)(=O)C1. The third-order valence-electron chi connectivity index (χ3n) is 3.77. The van der Waals surface area contributed by atoms with E-state index in [2.05, 4.69) is 10.6 Å². The van der Waals surface area contributed by atoms with Gasteiger partial charge >= 0.3 is 0 Å². The van der Waals surface area contributed by atoms with E-state index in [1.165, 1.54) is 0 Å². The van der Waals surface area contributed by atoms with Gasteiger partial charge in [-0.1, -0.05) is 0 Å². The molecule has 0 saturated carbocycles. The van der Waals surface area contributed by atoms with Gasteiger partial charge in [0.15, 0.2) is 19.7 Å². The Morgan fingerprint density at radius 2 is 1.14 bits per heavy atom. The first-order valence-electron chi connectivity index (χ1n) is 7.15. The van der Waals surface area contributed by atoms with Gasteiger partial charge in [0.2, 0.25) is 11.8 Å². The highest BCUT2D eigenvalue weighted by atomic mass is 32.2. The van der Waals surface area contributed by atoms with Crippen LogP contribution in [0.5, 0.6) is 0 Å². The van der Waals surface area contributed by atoms with Crippen molar-refractivity contribution in [3.05, 3.63) is 0 Å². The van der Waals surface area contributed by atoms with E-state index >= 15 is 0 Å². The Bertz CT molecular complexity index is 597. The maximum atomic E-state index is 11.7. The summed E-state index contributed by atoms with van der Waals surface area (Å²) in [6, 6.07) is -0.749. The highest BCUT2D eigenvalue weighted by molar-refractivity contribution is 7.91. The van der Waals surface area contributed by atoms with Crippen molar-refractivity contribution in [3.63, 3.8) is 0 Å². The molecule has 0 unspecified atom stereocenters. The first-order chi connectivity index (χ1) is 10.2. The topological polar surface area (TPSA) is 126 Å². The number of hydrogen-bond donors (Lipinski definition) is 2. The van der Waals surface area contributed by atoms with Crippen LogP contribution in [0.3, 0.4) is 0 Å². The number of carbonyl (C=O) groups excluding carboxylic acids is 2. The second-order valence-corrected chi connectivity index (χ2v) is 10.3. The van der Waals surface area contributed by atoms with Gasteiger partial charge in [-0.2, -0.15) is 0 Å². The monoisotopic (exact) mass is 352 g/mol. The van der Waals surface area contributed by atoms with Crippen LogP contribution in [-0.2, 0) is 29.3 Å². The van der Waals surface area contributed by atoms with Crippen LogP contribution in [0.2, 0.25) is 0 Å². The van der Waals surface area contributed by atoms with Crippen molar-refractivity contribution in [1.29, 1.82) is 0 Å². The molecule has 0 spiro atoms. The average Bonchev–Trinajstić information content (AvgIpc) is 2.89. The lowest BCUT2D eigenvalue weighted by atomic mass is 10.2. The molecule has 2 aliphatic heterocycles. The number of rotatable bonds is 5. The largest absolute Gasteiger partial charge is 0.352 e. The molecule has 2 atom stereocenters. The standard InChI is InChI=1S/C12H20N2O6S2/c15-11(13-9-3-5-21(17,18)7-9)1-2-12(16)14-10-4-6-22(19,20)8-10/h9-10H,1-8H2,(H,13,15)(H,14,16)/t9-,10-/m0/s1. The first kappa shape index (κ1) is 17.2. The minimum absolute atomic E-state index is 0.0398. The van der Waals surface area contributed by atoms with Crippen molar-refractivity contribution in [2.24, 2.45) is 0 Å². The lowest BCUT2D eigenvalue weighted by molar-refractivity contribution is -0.127. The van der Waals surface area contributed by atoms with E-state index in [-0.39, 0.29) is 59.8 Å². The quantitative estimate of drug-likeness (QED) is 0.612. The summed E-state index contributed by atoms with van der Waals surface area (Å²) in [7, 11) is -6.10. The van der Waals surface area contributed by atoms with E-state index in [4.69, 9.17) is 0 Å². The fourth-order valence-electron chi connectivity index (χ4n) is 2.64. The summed E-state index contributed by atoms with van der Waals surface area (Å²) in [5, 5.41) is 5.21. The van der Waals surface area contributed by atoms with Crippen molar-refractivity contribution < 1.29 is 26.4 Å². The van der Waals surface area contributed by atoms with Crippen LogP contribution in [0.15, 0.2) is 0 Å². The van der Waals surface area contributed by atoms with Crippen molar-refractivity contribution in [3.8, 4) is 0 Å². The molecule has 2 aliphatic rings. The van der Waals surface area contributed by atoms with E-state index in [1.807, 2.05) is 0 Å². The molecule has 0 aliphatic carbocycles. The van der Waals surface area contributed by atoms with Gasteiger partial charge in [-0.3, -0.25) is 9.59 Å². The summed E-state index contributed by atoms with van der Waals surface area (Å²) in [4.78, 5) is 23.3. The maximum absolute atomic E-state index is 11.7. The van der Waals surface area contributed by atoms with Crippen LogP contribution in [0.1, 0.15) is 25.7 Å².